The van der Waals surface area contributed by atoms with E-state index in [0.717, 1.165) is 25.1 Å². The van der Waals surface area contributed by atoms with E-state index in [1.165, 1.54) is 11.1 Å². The molecule has 1 aliphatic rings. The Morgan fingerprint density at radius 3 is 2.48 bits per heavy atom. The van der Waals surface area contributed by atoms with E-state index >= 15 is 0 Å². The summed E-state index contributed by atoms with van der Waals surface area (Å²) in [5, 5.41) is 3.15. The average molecular weight is 397 g/mol. The van der Waals surface area contributed by atoms with Crippen LogP contribution in [0.25, 0.3) is 0 Å². The predicted octanol–water partition coefficient (Wildman–Crippen LogP) is 3.45. The van der Waals surface area contributed by atoms with E-state index in [-0.39, 0.29) is 5.91 Å². The third kappa shape index (κ3) is 5.30. The van der Waals surface area contributed by atoms with Gasteiger partial charge in [-0.2, -0.15) is 0 Å². The summed E-state index contributed by atoms with van der Waals surface area (Å²) in [4.78, 5) is 15.1. The monoisotopic (exact) mass is 396 g/mol. The van der Waals surface area contributed by atoms with Crippen LogP contribution in [-0.4, -0.2) is 44.2 Å². The minimum absolute atomic E-state index is 0.0280. The lowest BCUT2D eigenvalue weighted by Gasteiger charge is -2.38. The normalized spacial score (nSPS) is 14.9. The maximum absolute atomic E-state index is 12.6. The van der Waals surface area contributed by atoms with Crippen molar-refractivity contribution in [1.82, 2.24) is 10.2 Å². The van der Waals surface area contributed by atoms with Crippen molar-refractivity contribution in [2.75, 3.05) is 27.3 Å². The van der Waals surface area contributed by atoms with Gasteiger partial charge in [0.2, 0.25) is 5.91 Å². The maximum Gasteiger partial charge on any atom is 0.224 e. The highest BCUT2D eigenvalue weighted by atomic mass is 16.5. The van der Waals surface area contributed by atoms with E-state index in [1.54, 1.807) is 14.2 Å². The molecule has 1 aliphatic heterocycles. The summed E-state index contributed by atoms with van der Waals surface area (Å²) >= 11 is 0. The number of hydrogen-bond acceptors (Lipinski definition) is 4. The van der Waals surface area contributed by atoms with Gasteiger partial charge in [-0.25, -0.2) is 0 Å². The fourth-order valence-corrected chi connectivity index (χ4v) is 4.04. The number of hydrogen-bond donors (Lipinski definition) is 1. The molecule has 0 saturated heterocycles. The van der Waals surface area contributed by atoms with Gasteiger partial charge in [-0.3, -0.25) is 9.69 Å². The van der Waals surface area contributed by atoms with Gasteiger partial charge in [-0.05, 0) is 41.2 Å². The van der Waals surface area contributed by atoms with Crippen LogP contribution in [0.5, 0.6) is 11.5 Å². The summed E-state index contributed by atoms with van der Waals surface area (Å²) in [5.74, 6) is 1.80. The number of carbonyl (C=O) groups excluding carboxylic acids is 1. The Morgan fingerprint density at radius 1 is 1.07 bits per heavy atom. The van der Waals surface area contributed by atoms with E-state index in [4.69, 9.17) is 9.47 Å². The molecule has 0 saturated carbocycles. The molecule has 156 valence electrons. The number of ether oxygens (including phenoxy) is 2. The van der Waals surface area contributed by atoms with Crippen molar-refractivity contribution in [3.8, 4) is 11.5 Å². The van der Waals surface area contributed by atoms with E-state index in [9.17, 15) is 4.79 Å². The van der Waals surface area contributed by atoms with Gasteiger partial charge in [0.15, 0.2) is 11.5 Å². The lowest BCUT2D eigenvalue weighted by atomic mass is 9.95. The molecular weight excluding hydrogens is 364 g/mol. The van der Waals surface area contributed by atoms with Crippen LogP contribution in [0.3, 0.4) is 0 Å². The molecule has 5 heteroatoms. The van der Waals surface area contributed by atoms with Crippen molar-refractivity contribution in [3.05, 3.63) is 59.2 Å². The van der Waals surface area contributed by atoms with Crippen LogP contribution < -0.4 is 14.8 Å². The standard InChI is InChI=1S/C24H32N2O3/c1-17(2)21(26-12-11-19-7-5-6-8-20(19)16-26)15-25-24(27)14-18-9-10-22(28-3)23(13-18)29-4/h5-10,13,17,21H,11-12,14-16H2,1-4H3,(H,25,27)/t21-/m0/s1. The third-order valence-electron chi connectivity index (χ3n) is 5.72. The zero-order chi connectivity index (χ0) is 20.8. The van der Waals surface area contributed by atoms with Crippen LogP contribution in [0.4, 0.5) is 0 Å². The largest absolute Gasteiger partial charge is 0.493 e. The quantitative estimate of drug-likeness (QED) is 0.743. The lowest BCUT2D eigenvalue weighted by molar-refractivity contribution is -0.120. The van der Waals surface area contributed by atoms with Crippen LogP contribution in [0.2, 0.25) is 0 Å². The lowest BCUT2D eigenvalue weighted by Crippen LogP contribution is -2.48. The molecule has 0 unspecified atom stereocenters. The van der Waals surface area contributed by atoms with Crippen LogP contribution in [0, 0.1) is 5.92 Å². The zero-order valence-corrected chi connectivity index (χ0v) is 17.9. The Bertz CT molecular complexity index is 835. The second kappa shape index (κ2) is 9.79. The molecule has 29 heavy (non-hydrogen) atoms. The van der Waals surface area contributed by atoms with Crippen molar-refractivity contribution < 1.29 is 14.3 Å². The second-order valence-corrected chi connectivity index (χ2v) is 7.97. The Labute approximate surface area is 174 Å². The molecule has 1 atom stereocenters. The van der Waals surface area contributed by atoms with Crippen molar-refractivity contribution in [3.63, 3.8) is 0 Å². The highest BCUT2D eigenvalue weighted by Crippen LogP contribution is 2.27. The van der Waals surface area contributed by atoms with Gasteiger partial charge in [0.25, 0.3) is 0 Å². The molecule has 3 rings (SSSR count). The van der Waals surface area contributed by atoms with E-state index in [0.29, 0.717) is 36.4 Å². The van der Waals surface area contributed by atoms with Crippen molar-refractivity contribution in [1.29, 1.82) is 0 Å². The highest BCUT2D eigenvalue weighted by Gasteiger charge is 2.26. The minimum Gasteiger partial charge on any atom is -0.493 e. The molecule has 0 radical (unpaired) electrons. The molecule has 0 fully saturated rings. The summed E-state index contributed by atoms with van der Waals surface area (Å²) in [6.45, 7) is 7.10. The van der Waals surface area contributed by atoms with Crippen molar-refractivity contribution in [2.24, 2.45) is 5.92 Å². The fourth-order valence-electron chi connectivity index (χ4n) is 4.04. The molecule has 1 heterocycles. The second-order valence-electron chi connectivity index (χ2n) is 7.97. The first-order valence-electron chi connectivity index (χ1n) is 10.3. The van der Waals surface area contributed by atoms with Crippen molar-refractivity contribution in [2.45, 2.75) is 39.3 Å². The first-order valence-corrected chi connectivity index (χ1v) is 10.3. The Kier molecular flexibility index (Phi) is 7.15. The Morgan fingerprint density at radius 2 is 1.79 bits per heavy atom. The van der Waals surface area contributed by atoms with Crippen molar-refractivity contribution >= 4 is 5.91 Å². The zero-order valence-electron chi connectivity index (χ0n) is 17.9. The highest BCUT2D eigenvalue weighted by molar-refractivity contribution is 5.78. The number of fused-ring (bicyclic) bond motifs is 1. The Balaban J connectivity index is 1.59. The van der Waals surface area contributed by atoms with Gasteiger partial charge in [-0.15, -0.1) is 0 Å². The van der Waals surface area contributed by atoms with Gasteiger partial charge in [0.1, 0.15) is 0 Å². The molecule has 2 aromatic rings. The molecule has 2 aromatic carbocycles. The summed E-state index contributed by atoms with van der Waals surface area (Å²) in [7, 11) is 3.21. The third-order valence-corrected chi connectivity index (χ3v) is 5.72. The number of nitrogens with zero attached hydrogens (tertiary/aromatic N) is 1. The van der Waals surface area contributed by atoms with Crippen LogP contribution >= 0.6 is 0 Å². The summed E-state index contributed by atoms with van der Waals surface area (Å²) in [6.07, 6.45) is 1.40. The number of methoxy groups -OCH3 is 2. The van der Waals surface area contributed by atoms with E-state index < -0.39 is 0 Å². The average Bonchev–Trinajstić information content (AvgIpc) is 2.73. The first kappa shape index (κ1) is 21.2. The summed E-state index contributed by atoms with van der Waals surface area (Å²) in [5.41, 5.74) is 3.76. The molecular formula is C24H32N2O3. The first-order chi connectivity index (χ1) is 14.0. The predicted molar refractivity (Wildman–Crippen MR) is 115 cm³/mol. The van der Waals surface area contributed by atoms with Crippen LogP contribution in [0.1, 0.15) is 30.5 Å². The molecule has 1 N–H and O–H groups in total. The number of benzene rings is 2. The smallest absolute Gasteiger partial charge is 0.224 e. The number of carbonyl (C=O) groups is 1. The van der Waals surface area contributed by atoms with E-state index in [1.807, 2.05) is 18.2 Å². The van der Waals surface area contributed by atoms with E-state index in [2.05, 4.69) is 48.3 Å². The number of nitrogens with one attached hydrogen (secondary N) is 1. The molecule has 0 aliphatic carbocycles. The molecule has 0 spiro atoms. The van der Waals surface area contributed by atoms with Crippen LogP contribution in [0.15, 0.2) is 42.5 Å². The summed E-state index contributed by atoms with van der Waals surface area (Å²) in [6, 6.07) is 14.6. The molecule has 0 bridgehead atoms. The van der Waals surface area contributed by atoms with Gasteiger partial charge in [0.05, 0.1) is 20.6 Å². The molecule has 1 amide bonds. The SMILES string of the molecule is COc1ccc(CC(=O)NC[C@@H](C(C)C)N2CCc3ccccc3C2)cc1OC. The van der Waals surface area contributed by atoms with Gasteiger partial charge >= 0.3 is 0 Å². The fraction of sp³-hybridized carbons (Fsp3) is 0.458. The molecule has 0 aromatic heterocycles. The van der Waals surface area contributed by atoms with Gasteiger partial charge in [-0.1, -0.05) is 44.2 Å². The van der Waals surface area contributed by atoms with Gasteiger partial charge < -0.3 is 14.8 Å². The maximum atomic E-state index is 12.6. The van der Waals surface area contributed by atoms with Crippen LogP contribution in [-0.2, 0) is 24.2 Å². The minimum atomic E-state index is 0.0280. The number of rotatable bonds is 8. The molecule has 5 nitrogen and oxygen atoms in total. The topological polar surface area (TPSA) is 50.8 Å². The Hall–Kier alpha value is -2.53. The van der Waals surface area contributed by atoms with Gasteiger partial charge in [0, 0.05) is 25.7 Å². The number of amides is 1. The summed E-state index contributed by atoms with van der Waals surface area (Å²) < 4.78 is 10.6.